The number of nitrogens with zero attached hydrogens (tertiary/aromatic N) is 2. The van der Waals surface area contributed by atoms with E-state index in [0.717, 1.165) is 12.1 Å². The highest BCUT2D eigenvalue weighted by Crippen LogP contribution is 2.27. The van der Waals surface area contributed by atoms with E-state index < -0.39 is 23.4 Å². The van der Waals surface area contributed by atoms with Gasteiger partial charge in [0.15, 0.2) is 17.5 Å². The van der Waals surface area contributed by atoms with Crippen molar-refractivity contribution in [2.24, 2.45) is 0 Å². The highest BCUT2D eigenvalue weighted by molar-refractivity contribution is 5.90. The van der Waals surface area contributed by atoms with Crippen LogP contribution < -0.4 is 0 Å². The minimum Gasteiger partial charge on any atom is -0.465 e. The fourth-order valence-electron chi connectivity index (χ4n) is 2.04. The summed E-state index contributed by atoms with van der Waals surface area (Å²) >= 11 is 0. The Labute approximate surface area is 133 Å². The number of carbonyl (C=O) groups excluding carboxylic acids is 1. The predicted molar refractivity (Wildman–Crippen MR) is 76.4 cm³/mol. The van der Waals surface area contributed by atoms with Crippen molar-refractivity contribution in [1.82, 2.24) is 10.1 Å². The number of hydrogen-bond acceptors (Lipinski definition) is 5. The van der Waals surface area contributed by atoms with Gasteiger partial charge < -0.3 is 9.26 Å². The second kappa shape index (κ2) is 6.15. The van der Waals surface area contributed by atoms with Crippen molar-refractivity contribution in [3.05, 3.63) is 59.4 Å². The van der Waals surface area contributed by atoms with E-state index in [2.05, 4.69) is 14.9 Å². The van der Waals surface area contributed by atoms with Crippen molar-refractivity contribution in [1.29, 1.82) is 0 Å². The number of halogens is 3. The standard InChI is InChI=1S/C16H9F3N2O3/c1-23-16(22)9-4-2-3-8(7-9)14-20-15(24-21-14)10-5-6-11(17)13(19)12(10)18/h2-7H,1H3. The normalized spacial score (nSPS) is 10.7. The first-order valence-electron chi connectivity index (χ1n) is 6.67. The maximum Gasteiger partial charge on any atom is 0.337 e. The van der Waals surface area contributed by atoms with E-state index in [1.807, 2.05) is 0 Å². The molecular weight excluding hydrogens is 325 g/mol. The van der Waals surface area contributed by atoms with Crippen LogP contribution in [-0.4, -0.2) is 23.2 Å². The molecule has 3 aromatic rings. The fraction of sp³-hybridized carbons (Fsp3) is 0.0625. The maximum absolute atomic E-state index is 13.8. The molecule has 0 atom stereocenters. The molecule has 0 unspecified atom stereocenters. The SMILES string of the molecule is COC(=O)c1cccc(-c2noc(-c3ccc(F)c(F)c3F)n2)c1. The van der Waals surface area contributed by atoms with Gasteiger partial charge in [0.05, 0.1) is 18.2 Å². The third-order valence-electron chi connectivity index (χ3n) is 3.23. The molecule has 0 radical (unpaired) electrons. The molecule has 0 aliphatic carbocycles. The number of methoxy groups -OCH3 is 1. The van der Waals surface area contributed by atoms with Crippen molar-refractivity contribution in [2.45, 2.75) is 0 Å². The number of carbonyl (C=O) groups is 1. The molecule has 0 bridgehead atoms. The lowest BCUT2D eigenvalue weighted by Crippen LogP contribution is -2.00. The summed E-state index contributed by atoms with van der Waals surface area (Å²) in [6, 6.07) is 7.93. The van der Waals surface area contributed by atoms with Crippen LogP contribution in [0.15, 0.2) is 40.9 Å². The summed E-state index contributed by atoms with van der Waals surface area (Å²) in [6.45, 7) is 0. The lowest BCUT2D eigenvalue weighted by molar-refractivity contribution is 0.0601. The second-order valence-corrected chi connectivity index (χ2v) is 4.72. The van der Waals surface area contributed by atoms with Crippen molar-refractivity contribution in [2.75, 3.05) is 7.11 Å². The van der Waals surface area contributed by atoms with E-state index in [1.54, 1.807) is 12.1 Å². The zero-order valence-corrected chi connectivity index (χ0v) is 12.2. The zero-order chi connectivity index (χ0) is 17.3. The van der Waals surface area contributed by atoms with Crippen LogP contribution in [-0.2, 0) is 4.74 Å². The smallest absolute Gasteiger partial charge is 0.337 e. The van der Waals surface area contributed by atoms with Gasteiger partial charge in [-0.1, -0.05) is 17.3 Å². The van der Waals surface area contributed by atoms with Gasteiger partial charge in [-0.3, -0.25) is 0 Å². The van der Waals surface area contributed by atoms with Crippen LogP contribution in [0.1, 0.15) is 10.4 Å². The molecule has 24 heavy (non-hydrogen) atoms. The van der Waals surface area contributed by atoms with Crippen LogP contribution in [0.3, 0.4) is 0 Å². The third kappa shape index (κ3) is 2.73. The number of hydrogen-bond donors (Lipinski definition) is 0. The largest absolute Gasteiger partial charge is 0.465 e. The number of benzene rings is 2. The molecule has 2 aromatic carbocycles. The van der Waals surface area contributed by atoms with Gasteiger partial charge in [0.2, 0.25) is 5.82 Å². The molecule has 8 heteroatoms. The van der Waals surface area contributed by atoms with E-state index in [4.69, 9.17) is 4.52 Å². The predicted octanol–water partition coefficient (Wildman–Crippen LogP) is 3.61. The zero-order valence-electron chi connectivity index (χ0n) is 12.2. The first-order valence-corrected chi connectivity index (χ1v) is 6.67. The van der Waals surface area contributed by atoms with Gasteiger partial charge in [-0.05, 0) is 24.3 Å². The Bertz CT molecular complexity index is 925. The monoisotopic (exact) mass is 334 g/mol. The van der Waals surface area contributed by atoms with Gasteiger partial charge in [0, 0.05) is 5.56 Å². The molecule has 0 aliphatic heterocycles. The average Bonchev–Trinajstić information content (AvgIpc) is 3.09. The minimum absolute atomic E-state index is 0.0555. The summed E-state index contributed by atoms with van der Waals surface area (Å²) in [4.78, 5) is 15.5. The average molecular weight is 334 g/mol. The summed E-state index contributed by atoms with van der Waals surface area (Å²) in [5.74, 6) is -5.17. The molecule has 0 spiro atoms. The van der Waals surface area contributed by atoms with Gasteiger partial charge >= 0.3 is 5.97 Å². The second-order valence-electron chi connectivity index (χ2n) is 4.72. The molecule has 5 nitrogen and oxygen atoms in total. The number of ether oxygens (including phenoxy) is 1. The van der Waals surface area contributed by atoms with Crippen LogP contribution in [0, 0.1) is 17.5 Å². The Morgan fingerprint density at radius 2 is 1.92 bits per heavy atom. The molecule has 3 rings (SSSR count). The van der Waals surface area contributed by atoms with Gasteiger partial charge in [0.1, 0.15) is 0 Å². The molecule has 122 valence electrons. The summed E-state index contributed by atoms with van der Waals surface area (Å²) in [5.41, 5.74) is 0.313. The lowest BCUT2D eigenvalue weighted by atomic mass is 10.1. The topological polar surface area (TPSA) is 65.2 Å². The maximum atomic E-state index is 13.8. The summed E-state index contributed by atoms with van der Waals surface area (Å²) in [7, 11) is 1.24. The van der Waals surface area contributed by atoms with Gasteiger partial charge in [-0.25, -0.2) is 18.0 Å². The van der Waals surface area contributed by atoms with Crippen LogP contribution in [0.4, 0.5) is 13.2 Å². The van der Waals surface area contributed by atoms with Crippen LogP contribution in [0.5, 0.6) is 0 Å². The van der Waals surface area contributed by atoms with Crippen molar-refractivity contribution >= 4 is 5.97 Å². The van der Waals surface area contributed by atoms with Gasteiger partial charge in [-0.15, -0.1) is 0 Å². The Balaban J connectivity index is 2.00. The van der Waals surface area contributed by atoms with Crippen LogP contribution >= 0.6 is 0 Å². The summed E-state index contributed by atoms with van der Waals surface area (Å²) in [6.07, 6.45) is 0. The number of aromatic nitrogens is 2. The van der Waals surface area contributed by atoms with E-state index in [1.165, 1.54) is 19.2 Å². The van der Waals surface area contributed by atoms with Crippen molar-refractivity contribution in [3.63, 3.8) is 0 Å². The van der Waals surface area contributed by atoms with E-state index in [0.29, 0.717) is 5.56 Å². The van der Waals surface area contributed by atoms with Crippen molar-refractivity contribution < 1.29 is 27.2 Å². The Kier molecular flexibility index (Phi) is 4.03. The van der Waals surface area contributed by atoms with Crippen molar-refractivity contribution in [3.8, 4) is 22.8 Å². The Morgan fingerprint density at radius 1 is 1.12 bits per heavy atom. The molecule has 0 saturated heterocycles. The molecule has 0 aliphatic rings. The molecule has 0 amide bonds. The molecule has 1 aromatic heterocycles. The van der Waals surface area contributed by atoms with Crippen LogP contribution in [0.25, 0.3) is 22.8 Å². The molecule has 1 heterocycles. The highest BCUT2D eigenvalue weighted by Gasteiger charge is 2.20. The lowest BCUT2D eigenvalue weighted by Gasteiger charge is -2.00. The third-order valence-corrected chi connectivity index (χ3v) is 3.23. The van der Waals surface area contributed by atoms with Gasteiger partial charge in [0.25, 0.3) is 5.89 Å². The summed E-state index contributed by atoms with van der Waals surface area (Å²) in [5, 5.41) is 3.66. The molecule has 0 fully saturated rings. The fourth-order valence-corrected chi connectivity index (χ4v) is 2.04. The first-order chi connectivity index (χ1) is 11.5. The first kappa shape index (κ1) is 15.7. The van der Waals surface area contributed by atoms with E-state index in [9.17, 15) is 18.0 Å². The number of rotatable bonds is 3. The molecule has 0 N–H and O–H groups in total. The van der Waals surface area contributed by atoms with E-state index >= 15 is 0 Å². The Hall–Kier alpha value is -3.16. The molecular formula is C16H9F3N2O3. The number of esters is 1. The minimum atomic E-state index is -1.63. The van der Waals surface area contributed by atoms with Crippen LogP contribution in [0.2, 0.25) is 0 Å². The quantitative estimate of drug-likeness (QED) is 0.541. The summed E-state index contributed by atoms with van der Waals surface area (Å²) < 4.78 is 49.6. The van der Waals surface area contributed by atoms with E-state index in [-0.39, 0.29) is 22.8 Å². The molecule has 0 saturated carbocycles. The Morgan fingerprint density at radius 3 is 2.67 bits per heavy atom. The van der Waals surface area contributed by atoms with Gasteiger partial charge in [-0.2, -0.15) is 4.98 Å². The highest BCUT2D eigenvalue weighted by atomic mass is 19.2.